The lowest BCUT2D eigenvalue weighted by molar-refractivity contribution is -0.142. The summed E-state index contributed by atoms with van der Waals surface area (Å²) in [6.07, 6.45) is 1.93. The fourth-order valence-electron chi connectivity index (χ4n) is 8.29. The fourth-order valence-corrected chi connectivity index (χ4v) is 8.29. The van der Waals surface area contributed by atoms with Gasteiger partial charge in [-0.1, -0.05) is 41.5 Å². The Kier molecular flexibility index (Phi) is 39.0. The number of amides is 8. The minimum atomic E-state index is -1.44. The Hall–Kier alpha value is -7.81. The zero-order valence-corrected chi connectivity index (χ0v) is 50.5. The van der Waals surface area contributed by atoms with Crippen LogP contribution in [-0.4, -0.2) is 176 Å². The predicted molar refractivity (Wildman–Crippen MR) is 326 cm³/mol. The summed E-state index contributed by atoms with van der Waals surface area (Å²) in [6.45, 7) is 11.3. The first-order valence-corrected chi connectivity index (χ1v) is 29.0. The highest BCUT2D eigenvalue weighted by molar-refractivity contribution is 5.98. The van der Waals surface area contributed by atoms with E-state index in [0.29, 0.717) is 25.7 Å². The van der Waals surface area contributed by atoms with E-state index in [1.807, 2.05) is 13.8 Å². The molecule has 33 heteroatoms. The molecule has 0 saturated carbocycles. The summed E-state index contributed by atoms with van der Waals surface area (Å²) in [7, 11) is 0. The van der Waals surface area contributed by atoms with E-state index in [1.54, 1.807) is 27.7 Å². The van der Waals surface area contributed by atoms with Gasteiger partial charge in [-0.05, 0) is 127 Å². The van der Waals surface area contributed by atoms with Crippen LogP contribution in [0.2, 0.25) is 0 Å². The third-order valence-corrected chi connectivity index (χ3v) is 13.1. The van der Waals surface area contributed by atoms with Gasteiger partial charge in [-0.3, -0.25) is 58.3 Å². The van der Waals surface area contributed by atoms with Gasteiger partial charge in [0.15, 0.2) is 23.8 Å². The summed E-state index contributed by atoms with van der Waals surface area (Å²) in [5.74, 6) is -9.27. The number of carbonyl (C=O) groups is 9. The number of rotatable bonds is 45. The number of guanidine groups is 4. The van der Waals surface area contributed by atoms with Crippen LogP contribution in [0, 0.1) is 17.8 Å². The van der Waals surface area contributed by atoms with E-state index in [-0.39, 0.29) is 146 Å². The lowest BCUT2D eigenvalue weighted by Crippen LogP contribution is -2.61. The van der Waals surface area contributed by atoms with Gasteiger partial charge in [0.1, 0.15) is 48.3 Å². The molecule has 0 spiro atoms. The Bertz CT molecular complexity index is 2220. The van der Waals surface area contributed by atoms with Gasteiger partial charge in [-0.2, -0.15) is 0 Å². The van der Waals surface area contributed by atoms with Gasteiger partial charge in [0, 0.05) is 26.2 Å². The van der Waals surface area contributed by atoms with Gasteiger partial charge in [0.05, 0.1) is 6.04 Å². The lowest BCUT2D eigenvalue weighted by atomic mass is 9.98. The topological polar surface area (TPSA) is 606 Å². The van der Waals surface area contributed by atoms with E-state index < -0.39 is 114 Å². The van der Waals surface area contributed by atoms with Crippen LogP contribution < -0.4 is 106 Å². The second-order valence-corrected chi connectivity index (χ2v) is 21.8. The number of aliphatic carboxylic acids is 1. The number of nitrogens with one attached hydrogen (secondary N) is 8. The zero-order valence-electron chi connectivity index (χ0n) is 50.5. The summed E-state index contributed by atoms with van der Waals surface area (Å²) in [5.41, 5.74) is 61.7. The molecule has 0 aromatic heterocycles. The molecule has 0 bridgehead atoms. The third kappa shape index (κ3) is 34.5. The SMILES string of the molecule is CC(C)C[C@H](NC(=O)[C@@H](N)C(C)C)C(=O)N[C@H](C(=O)N[C@@H](CCCCN)C(=O)N[C@@H](CCCCN)C(=O)N[C@@H](CCCN=C(N)N)C(=O)N[C@@H](CCCN=C(N)N)C(=O)N[C@@H](CCCN=C(N)N)C(=O)N[C@@H](CCCN=C(N)N)C(=O)O)C(C)C. The second-order valence-electron chi connectivity index (χ2n) is 21.8. The van der Waals surface area contributed by atoms with Crippen molar-refractivity contribution < 1.29 is 48.3 Å². The maximum atomic E-state index is 14.5. The van der Waals surface area contributed by atoms with E-state index in [9.17, 15) is 48.3 Å². The summed E-state index contributed by atoms with van der Waals surface area (Å²) >= 11 is 0. The molecule has 0 heterocycles. The molecule has 0 rings (SSSR count). The standard InChI is InChI=1S/C52H103N23O10/c1-28(2)27-37(74-46(82)38(55)29(3)4)45(81)75-39(30(5)6)47(83)72-32(16-8-10-22-54)41(77)68-31(15-7-9-21-53)40(76)69-33(17-11-23-64-49(56)57)42(78)70-34(18-12-24-65-50(58)59)43(79)71-35(19-13-25-66-51(60)61)44(80)73-36(48(84)85)20-14-26-67-52(62)63/h28-39H,7-27,53-55H2,1-6H3,(H,68,77)(H,69,76)(H,70,78)(H,71,79)(H,72,83)(H,73,80)(H,74,82)(H,75,81)(H,84,85)(H4,56,57,64)(H4,58,59,65)(H4,60,61,66)(H4,62,63,67)/t31-,32-,33-,34-,35-,36-,37-,38-,39-/m0/s1. The highest BCUT2D eigenvalue weighted by Crippen LogP contribution is 2.13. The number of hydrogen-bond donors (Lipinski definition) is 20. The quantitative estimate of drug-likeness (QED) is 0.0153. The van der Waals surface area contributed by atoms with E-state index >= 15 is 0 Å². The molecule has 0 aliphatic carbocycles. The van der Waals surface area contributed by atoms with Crippen LogP contribution in [0.1, 0.15) is 138 Å². The Labute approximate surface area is 498 Å². The van der Waals surface area contributed by atoms with Crippen molar-refractivity contribution in [3.8, 4) is 0 Å². The minimum absolute atomic E-state index is 0.000403. The molecule has 0 fully saturated rings. The van der Waals surface area contributed by atoms with Gasteiger partial charge in [-0.15, -0.1) is 0 Å². The van der Waals surface area contributed by atoms with Gasteiger partial charge < -0.3 is 111 Å². The summed E-state index contributed by atoms with van der Waals surface area (Å²) in [6, 6.07) is -11.4. The van der Waals surface area contributed by atoms with Gasteiger partial charge in [-0.25, -0.2) is 4.79 Å². The number of unbranched alkanes of at least 4 members (excludes halogenated alkanes) is 2. The van der Waals surface area contributed by atoms with Crippen molar-refractivity contribution in [3.63, 3.8) is 0 Å². The summed E-state index contributed by atoms with van der Waals surface area (Å²) in [5, 5.41) is 31.4. The molecule has 0 saturated heterocycles. The largest absolute Gasteiger partial charge is 0.480 e. The van der Waals surface area contributed by atoms with Crippen LogP contribution in [-0.2, 0) is 43.2 Å². The van der Waals surface area contributed by atoms with E-state index in [4.69, 9.17) is 63.1 Å². The smallest absolute Gasteiger partial charge is 0.326 e. The van der Waals surface area contributed by atoms with Crippen LogP contribution in [0.4, 0.5) is 0 Å². The molecule has 0 unspecified atom stereocenters. The molecule has 486 valence electrons. The van der Waals surface area contributed by atoms with Crippen molar-refractivity contribution in [2.24, 2.45) is 101 Å². The molecule has 31 N–H and O–H groups in total. The number of carboxylic acids is 1. The number of carbonyl (C=O) groups excluding carboxylic acids is 8. The average Bonchev–Trinajstić information content (AvgIpc) is 3.60. The fraction of sp³-hybridized carbons (Fsp3) is 0.750. The maximum absolute atomic E-state index is 14.5. The molecule has 8 amide bonds. The van der Waals surface area contributed by atoms with Crippen molar-refractivity contribution in [2.75, 3.05) is 39.3 Å². The van der Waals surface area contributed by atoms with E-state index in [2.05, 4.69) is 62.5 Å². The van der Waals surface area contributed by atoms with Gasteiger partial charge >= 0.3 is 5.97 Å². The third-order valence-electron chi connectivity index (χ3n) is 13.1. The molecular weight excluding hydrogens is 1110 g/mol. The Morgan fingerprint density at radius 2 is 0.624 bits per heavy atom. The molecule has 0 aliphatic rings. The minimum Gasteiger partial charge on any atom is -0.480 e. The van der Waals surface area contributed by atoms with Crippen LogP contribution in [0.5, 0.6) is 0 Å². The second kappa shape index (κ2) is 42.9. The number of hydrogen-bond acceptors (Lipinski definition) is 16. The first-order valence-electron chi connectivity index (χ1n) is 29.0. The number of aliphatic imine (C=N–C) groups is 4. The number of nitrogens with zero attached hydrogens (tertiary/aromatic N) is 4. The van der Waals surface area contributed by atoms with Gasteiger partial charge in [0.2, 0.25) is 47.3 Å². The highest BCUT2D eigenvalue weighted by Gasteiger charge is 2.36. The molecular formula is C52H103N23O10. The van der Waals surface area contributed by atoms with Gasteiger partial charge in [0.25, 0.3) is 0 Å². The number of carboxylic acid groups (broad SMARTS) is 1. The van der Waals surface area contributed by atoms with Crippen LogP contribution >= 0.6 is 0 Å². The zero-order chi connectivity index (χ0) is 64.8. The van der Waals surface area contributed by atoms with Crippen molar-refractivity contribution in [2.45, 2.75) is 192 Å². The molecule has 0 aromatic carbocycles. The van der Waals surface area contributed by atoms with E-state index in [1.165, 1.54) is 0 Å². The first-order chi connectivity index (χ1) is 39.9. The molecule has 0 radical (unpaired) electrons. The van der Waals surface area contributed by atoms with Crippen molar-refractivity contribution >= 4 is 77.1 Å². The monoisotopic (exact) mass is 1210 g/mol. The Balaban J connectivity index is 7.23. The molecule has 0 aliphatic heterocycles. The van der Waals surface area contributed by atoms with Crippen LogP contribution in [0.15, 0.2) is 20.0 Å². The molecule has 9 atom stereocenters. The molecule has 33 nitrogen and oxygen atoms in total. The Morgan fingerprint density at radius 1 is 0.353 bits per heavy atom. The van der Waals surface area contributed by atoms with Crippen LogP contribution in [0.3, 0.4) is 0 Å². The molecule has 85 heavy (non-hydrogen) atoms. The van der Waals surface area contributed by atoms with E-state index in [0.717, 1.165) is 0 Å². The van der Waals surface area contributed by atoms with Crippen molar-refractivity contribution in [3.05, 3.63) is 0 Å². The maximum Gasteiger partial charge on any atom is 0.326 e. The predicted octanol–water partition coefficient (Wildman–Crippen LogP) is -5.89. The van der Waals surface area contributed by atoms with Crippen LogP contribution in [0.25, 0.3) is 0 Å². The normalized spacial score (nSPS) is 14.3. The first kappa shape index (κ1) is 77.2. The lowest BCUT2D eigenvalue weighted by Gasteiger charge is -2.29. The molecule has 0 aromatic rings. The number of nitrogens with two attached hydrogens (primary N) is 11. The average molecular weight is 1210 g/mol. The Morgan fingerprint density at radius 3 is 0.894 bits per heavy atom. The summed E-state index contributed by atoms with van der Waals surface area (Å²) in [4.78, 5) is 141. The highest BCUT2D eigenvalue weighted by atomic mass is 16.4. The van der Waals surface area contributed by atoms with Crippen molar-refractivity contribution in [1.29, 1.82) is 0 Å². The van der Waals surface area contributed by atoms with Crippen molar-refractivity contribution in [1.82, 2.24) is 42.5 Å². The summed E-state index contributed by atoms with van der Waals surface area (Å²) < 4.78 is 0.